The Morgan fingerprint density at radius 3 is 2.53 bits per heavy atom. The summed E-state index contributed by atoms with van der Waals surface area (Å²) in [5.41, 5.74) is 0.968. The van der Waals surface area contributed by atoms with Crippen molar-refractivity contribution in [2.45, 2.75) is 6.92 Å². The van der Waals surface area contributed by atoms with E-state index in [-0.39, 0.29) is 12.5 Å². The SMILES string of the molecule is CC(=C=O)CNC(=O)c1ccc(Cl)cc1. The molecule has 0 aliphatic rings. The Kier molecular flexibility index (Phi) is 4.10. The Hall–Kier alpha value is -1.57. The van der Waals surface area contributed by atoms with Crippen molar-refractivity contribution in [2.24, 2.45) is 0 Å². The highest BCUT2D eigenvalue weighted by Gasteiger charge is 2.04. The number of amides is 1. The molecule has 0 bridgehead atoms. The van der Waals surface area contributed by atoms with Gasteiger partial charge in [-0.2, -0.15) is 0 Å². The minimum atomic E-state index is -0.235. The molecule has 0 heterocycles. The van der Waals surface area contributed by atoms with E-state index < -0.39 is 0 Å². The van der Waals surface area contributed by atoms with Crippen LogP contribution in [0.25, 0.3) is 0 Å². The van der Waals surface area contributed by atoms with Crippen LogP contribution < -0.4 is 5.32 Å². The van der Waals surface area contributed by atoms with Crippen LogP contribution in [0.3, 0.4) is 0 Å². The van der Waals surface area contributed by atoms with Gasteiger partial charge in [-0.15, -0.1) is 0 Å². The largest absolute Gasteiger partial charge is 0.348 e. The average molecular weight is 224 g/mol. The van der Waals surface area contributed by atoms with Crippen molar-refractivity contribution >= 4 is 23.4 Å². The maximum atomic E-state index is 11.5. The molecule has 0 radical (unpaired) electrons. The van der Waals surface area contributed by atoms with E-state index in [0.717, 1.165) is 0 Å². The van der Waals surface area contributed by atoms with Gasteiger partial charge in [0.15, 0.2) is 0 Å². The van der Waals surface area contributed by atoms with Gasteiger partial charge in [-0.1, -0.05) is 11.6 Å². The van der Waals surface area contributed by atoms with Crippen LogP contribution in [-0.4, -0.2) is 18.4 Å². The van der Waals surface area contributed by atoms with E-state index in [0.29, 0.717) is 16.2 Å². The first kappa shape index (κ1) is 11.5. The molecule has 0 aliphatic carbocycles. The van der Waals surface area contributed by atoms with E-state index in [4.69, 9.17) is 11.6 Å². The van der Waals surface area contributed by atoms with Crippen molar-refractivity contribution in [2.75, 3.05) is 6.54 Å². The normalized spacial score (nSPS) is 9.20. The van der Waals surface area contributed by atoms with Crippen molar-refractivity contribution in [1.29, 1.82) is 0 Å². The average Bonchev–Trinajstić information content (AvgIpc) is 2.26. The summed E-state index contributed by atoms with van der Waals surface area (Å²) in [5.74, 6) is 1.48. The van der Waals surface area contributed by atoms with E-state index in [9.17, 15) is 9.59 Å². The van der Waals surface area contributed by atoms with Gasteiger partial charge in [0.2, 0.25) is 0 Å². The lowest BCUT2D eigenvalue weighted by Gasteiger charge is -2.03. The van der Waals surface area contributed by atoms with Crippen molar-refractivity contribution in [3.63, 3.8) is 0 Å². The Morgan fingerprint density at radius 2 is 2.00 bits per heavy atom. The topological polar surface area (TPSA) is 46.2 Å². The molecule has 0 saturated carbocycles. The number of carbonyl (C=O) groups excluding carboxylic acids is 2. The summed E-state index contributed by atoms with van der Waals surface area (Å²) < 4.78 is 0. The molecule has 15 heavy (non-hydrogen) atoms. The zero-order valence-corrected chi connectivity index (χ0v) is 8.97. The molecule has 0 aliphatic heterocycles. The van der Waals surface area contributed by atoms with Gasteiger partial charge in [0.05, 0.1) is 0 Å². The van der Waals surface area contributed by atoms with E-state index >= 15 is 0 Å². The van der Waals surface area contributed by atoms with Crippen LogP contribution in [0.5, 0.6) is 0 Å². The highest BCUT2D eigenvalue weighted by molar-refractivity contribution is 6.30. The molecular formula is C11H10ClNO2. The number of carbonyl (C=O) groups is 1. The minimum Gasteiger partial charge on any atom is -0.348 e. The third-order valence-corrected chi connectivity index (χ3v) is 2.05. The van der Waals surface area contributed by atoms with Crippen molar-refractivity contribution < 1.29 is 9.59 Å². The fraction of sp³-hybridized carbons (Fsp3) is 0.182. The first-order valence-electron chi connectivity index (χ1n) is 4.38. The van der Waals surface area contributed by atoms with Crippen LogP contribution in [-0.2, 0) is 4.79 Å². The van der Waals surface area contributed by atoms with Gasteiger partial charge in [-0.25, -0.2) is 4.79 Å². The van der Waals surface area contributed by atoms with Gasteiger partial charge in [-0.05, 0) is 31.2 Å². The fourth-order valence-electron chi connectivity index (χ4n) is 0.952. The number of halogens is 1. The Bertz CT molecular complexity index is 405. The van der Waals surface area contributed by atoms with Gasteiger partial charge in [0.25, 0.3) is 5.91 Å². The molecule has 0 unspecified atom stereocenters. The van der Waals surface area contributed by atoms with E-state index in [2.05, 4.69) is 5.32 Å². The van der Waals surface area contributed by atoms with Crippen molar-refractivity contribution in [1.82, 2.24) is 5.32 Å². The third-order valence-electron chi connectivity index (χ3n) is 1.79. The summed E-state index contributed by atoms with van der Waals surface area (Å²) in [5, 5.41) is 3.17. The second-order valence-electron chi connectivity index (χ2n) is 3.07. The number of benzene rings is 1. The highest BCUT2D eigenvalue weighted by Crippen LogP contribution is 2.09. The maximum absolute atomic E-state index is 11.5. The number of rotatable bonds is 3. The predicted molar refractivity (Wildman–Crippen MR) is 58.7 cm³/mol. The summed E-state index contributed by atoms with van der Waals surface area (Å²) in [6.45, 7) is 1.82. The van der Waals surface area contributed by atoms with Crippen LogP contribution in [0.1, 0.15) is 17.3 Å². The molecule has 78 valence electrons. The first-order chi connectivity index (χ1) is 7.13. The highest BCUT2D eigenvalue weighted by atomic mass is 35.5. The minimum absolute atomic E-state index is 0.213. The maximum Gasteiger partial charge on any atom is 0.251 e. The molecule has 3 nitrogen and oxygen atoms in total. The molecule has 0 saturated heterocycles. The van der Waals surface area contributed by atoms with Crippen LogP contribution in [0.15, 0.2) is 29.8 Å². The molecule has 1 aromatic carbocycles. The number of nitrogens with one attached hydrogen (secondary N) is 1. The summed E-state index contributed by atoms with van der Waals surface area (Å²) in [7, 11) is 0. The molecular weight excluding hydrogens is 214 g/mol. The Morgan fingerprint density at radius 1 is 1.40 bits per heavy atom. The summed E-state index contributed by atoms with van der Waals surface area (Å²) in [6, 6.07) is 6.52. The fourth-order valence-corrected chi connectivity index (χ4v) is 1.08. The monoisotopic (exact) mass is 223 g/mol. The van der Waals surface area contributed by atoms with E-state index in [1.807, 2.05) is 0 Å². The smallest absolute Gasteiger partial charge is 0.251 e. The lowest BCUT2D eigenvalue weighted by atomic mass is 10.2. The van der Waals surface area contributed by atoms with Crippen molar-refractivity contribution in [3.05, 3.63) is 40.4 Å². The van der Waals surface area contributed by atoms with Crippen molar-refractivity contribution in [3.8, 4) is 0 Å². The van der Waals surface area contributed by atoms with E-state index in [1.165, 1.54) is 0 Å². The molecule has 0 fully saturated rings. The summed E-state index contributed by atoms with van der Waals surface area (Å²) in [6.07, 6.45) is 0. The van der Waals surface area contributed by atoms with Crippen LogP contribution >= 0.6 is 11.6 Å². The van der Waals surface area contributed by atoms with Gasteiger partial charge >= 0.3 is 0 Å². The molecule has 0 atom stereocenters. The second-order valence-corrected chi connectivity index (χ2v) is 3.51. The first-order valence-corrected chi connectivity index (χ1v) is 4.75. The quantitative estimate of drug-likeness (QED) is 0.795. The van der Waals surface area contributed by atoms with Gasteiger partial charge < -0.3 is 5.32 Å². The second kappa shape index (κ2) is 5.35. The predicted octanol–water partition coefficient (Wildman–Crippen LogP) is 1.85. The third kappa shape index (κ3) is 3.58. The zero-order chi connectivity index (χ0) is 11.3. The molecule has 4 heteroatoms. The van der Waals surface area contributed by atoms with Gasteiger partial charge in [-0.3, -0.25) is 4.79 Å². The standard InChI is InChI=1S/C11H10ClNO2/c1-8(7-14)6-13-11(15)9-2-4-10(12)5-3-9/h2-5H,6H2,1H3,(H,13,15). The molecule has 0 aromatic heterocycles. The molecule has 1 amide bonds. The Balaban J connectivity index is 2.62. The summed E-state index contributed by atoms with van der Waals surface area (Å²) in [4.78, 5) is 21.6. The Labute approximate surface area is 92.7 Å². The van der Waals surface area contributed by atoms with Gasteiger partial charge in [0.1, 0.15) is 5.94 Å². The zero-order valence-electron chi connectivity index (χ0n) is 8.21. The van der Waals surface area contributed by atoms with E-state index in [1.54, 1.807) is 37.1 Å². The molecule has 1 aromatic rings. The van der Waals surface area contributed by atoms with Gasteiger partial charge in [0, 0.05) is 22.7 Å². The molecule has 0 spiro atoms. The summed E-state index contributed by atoms with van der Waals surface area (Å²) >= 11 is 5.68. The molecule has 1 N–H and O–H groups in total. The van der Waals surface area contributed by atoms with Crippen LogP contribution in [0.4, 0.5) is 0 Å². The lowest BCUT2D eigenvalue weighted by molar-refractivity contribution is 0.0957. The number of hydrogen-bond donors (Lipinski definition) is 1. The molecule has 1 rings (SSSR count). The van der Waals surface area contributed by atoms with Crippen LogP contribution in [0, 0.1) is 0 Å². The lowest BCUT2D eigenvalue weighted by Crippen LogP contribution is -2.25. The van der Waals surface area contributed by atoms with Crippen LogP contribution in [0.2, 0.25) is 5.02 Å². The number of hydrogen-bond acceptors (Lipinski definition) is 2.